The zero-order chi connectivity index (χ0) is 12.4. The van der Waals surface area contributed by atoms with E-state index < -0.39 is 0 Å². The maximum Gasteiger partial charge on any atom is 0.237 e. The van der Waals surface area contributed by atoms with Crippen LogP contribution in [0.4, 0.5) is 0 Å². The van der Waals surface area contributed by atoms with Gasteiger partial charge in [-0.1, -0.05) is 13.3 Å². The summed E-state index contributed by atoms with van der Waals surface area (Å²) in [6.45, 7) is 6.82. The first-order valence-corrected chi connectivity index (χ1v) is 6.09. The number of carbonyl (C=O) groups excluding carboxylic acids is 1. The number of amides is 1. The van der Waals surface area contributed by atoms with E-state index in [-0.39, 0.29) is 18.0 Å². The van der Waals surface area contributed by atoms with E-state index in [1.54, 1.807) is 0 Å². The van der Waals surface area contributed by atoms with E-state index in [0.29, 0.717) is 0 Å². The smallest absolute Gasteiger partial charge is 0.237 e. The molecular weight excluding hydrogens is 200 g/mol. The van der Waals surface area contributed by atoms with Crippen LogP contribution in [0.25, 0.3) is 0 Å². The van der Waals surface area contributed by atoms with Crippen molar-refractivity contribution in [3.63, 3.8) is 0 Å². The van der Waals surface area contributed by atoms with Crippen molar-refractivity contribution in [3.05, 3.63) is 0 Å². The van der Waals surface area contributed by atoms with Gasteiger partial charge < -0.3 is 10.6 Å². The second-order valence-corrected chi connectivity index (χ2v) is 4.18. The Morgan fingerprint density at radius 2 is 2.12 bits per heavy atom. The Morgan fingerprint density at radius 1 is 1.44 bits per heavy atom. The van der Waals surface area contributed by atoms with Gasteiger partial charge in [-0.3, -0.25) is 4.79 Å². The molecule has 0 radical (unpaired) electrons. The summed E-state index contributed by atoms with van der Waals surface area (Å²) in [7, 11) is 0. The fourth-order valence-electron chi connectivity index (χ4n) is 1.47. The molecule has 0 aromatic heterocycles. The molecular formula is C13H24N2O. The summed E-state index contributed by atoms with van der Waals surface area (Å²) < 4.78 is 0. The van der Waals surface area contributed by atoms with Crippen LogP contribution < -0.4 is 10.6 Å². The first-order chi connectivity index (χ1) is 7.61. The summed E-state index contributed by atoms with van der Waals surface area (Å²) in [5.74, 6) is 2.65. The van der Waals surface area contributed by atoms with Crippen LogP contribution in [-0.2, 0) is 4.79 Å². The van der Waals surface area contributed by atoms with Crippen molar-refractivity contribution in [3.8, 4) is 12.3 Å². The third-order valence-corrected chi connectivity index (χ3v) is 2.45. The van der Waals surface area contributed by atoms with Gasteiger partial charge in [0.05, 0.1) is 6.04 Å². The number of hydrogen-bond donors (Lipinski definition) is 2. The summed E-state index contributed by atoms with van der Waals surface area (Å²) >= 11 is 0. The Bertz CT molecular complexity index is 233. The van der Waals surface area contributed by atoms with Crippen molar-refractivity contribution >= 4 is 5.91 Å². The Kier molecular flexibility index (Phi) is 8.65. The lowest BCUT2D eigenvalue weighted by molar-refractivity contribution is -0.123. The molecule has 0 rings (SSSR count). The third-order valence-electron chi connectivity index (χ3n) is 2.45. The van der Waals surface area contributed by atoms with Crippen LogP contribution in [-0.4, -0.2) is 24.5 Å². The van der Waals surface area contributed by atoms with Crippen LogP contribution in [0.15, 0.2) is 0 Å². The molecule has 16 heavy (non-hydrogen) atoms. The summed E-state index contributed by atoms with van der Waals surface area (Å²) in [5.41, 5.74) is 0. The average molecular weight is 224 g/mol. The van der Waals surface area contributed by atoms with E-state index in [2.05, 4.69) is 23.5 Å². The molecule has 2 atom stereocenters. The second kappa shape index (κ2) is 9.23. The molecule has 2 unspecified atom stereocenters. The van der Waals surface area contributed by atoms with Crippen molar-refractivity contribution < 1.29 is 4.79 Å². The van der Waals surface area contributed by atoms with Gasteiger partial charge in [-0.25, -0.2) is 0 Å². The fourth-order valence-corrected chi connectivity index (χ4v) is 1.47. The molecule has 0 fully saturated rings. The molecule has 0 aromatic rings. The summed E-state index contributed by atoms with van der Waals surface area (Å²) in [6, 6.07) is 0.115. The highest BCUT2D eigenvalue weighted by molar-refractivity contribution is 5.81. The highest BCUT2D eigenvalue weighted by Gasteiger charge is 2.13. The van der Waals surface area contributed by atoms with Gasteiger partial charge in [0.25, 0.3) is 0 Å². The minimum atomic E-state index is -0.142. The standard InChI is InChI=1S/C13H24N2O/c1-5-7-8-10-14-12(4)13(16)15-11(3)9-6-2/h1,11-12,14H,6-10H2,2-4H3,(H,15,16). The van der Waals surface area contributed by atoms with E-state index in [0.717, 1.165) is 32.2 Å². The largest absolute Gasteiger partial charge is 0.352 e. The number of terminal acetylenes is 1. The van der Waals surface area contributed by atoms with Crippen LogP contribution in [0.3, 0.4) is 0 Å². The number of carbonyl (C=O) groups is 1. The maximum atomic E-state index is 11.7. The van der Waals surface area contributed by atoms with Crippen LogP contribution in [0.5, 0.6) is 0 Å². The van der Waals surface area contributed by atoms with Gasteiger partial charge in [-0.2, -0.15) is 0 Å². The van der Waals surface area contributed by atoms with Crippen molar-refractivity contribution in [2.24, 2.45) is 0 Å². The molecule has 0 spiro atoms. The molecule has 92 valence electrons. The van der Waals surface area contributed by atoms with Gasteiger partial charge in [0.1, 0.15) is 0 Å². The molecule has 0 aliphatic rings. The molecule has 0 heterocycles. The lowest BCUT2D eigenvalue weighted by Crippen LogP contribution is -2.45. The molecule has 1 amide bonds. The Morgan fingerprint density at radius 3 is 2.69 bits per heavy atom. The lowest BCUT2D eigenvalue weighted by atomic mass is 10.2. The van der Waals surface area contributed by atoms with Gasteiger partial charge in [0.2, 0.25) is 5.91 Å². The van der Waals surface area contributed by atoms with E-state index in [1.165, 1.54) is 0 Å². The lowest BCUT2D eigenvalue weighted by Gasteiger charge is -2.17. The maximum absolute atomic E-state index is 11.7. The van der Waals surface area contributed by atoms with Crippen molar-refractivity contribution in [2.45, 2.75) is 58.5 Å². The highest BCUT2D eigenvalue weighted by atomic mass is 16.2. The van der Waals surface area contributed by atoms with E-state index in [1.807, 2.05) is 13.8 Å². The van der Waals surface area contributed by atoms with Gasteiger partial charge in [-0.05, 0) is 33.2 Å². The first-order valence-electron chi connectivity index (χ1n) is 6.09. The zero-order valence-corrected chi connectivity index (χ0v) is 10.7. The van der Waals surface area contributed by atoms with Crippen LogP contribution in [0, 0.1) is 12.3 Å². The molecule has 0 aliphatic carbocycles. The molecule has 3 nitrogen and oxygen atoms in total. The normalized spacial score (nSPS) is 13.9. The fraction of sp³-hybridized carbons (Fsp3) is 0.769. The minimum absolute atomic E-state index is 0.0710. The minimum Gasteiger partial charge on any atom is -0.352 e. The first kappa shape index (κ1) is 15.0. The Hall–Kier alpha value is -1.01. The van der Waals surface area contributed by atoms with E-state index in [4.69, 9.17) is 6.42 Å². The molecule has 0 aliphatic heterocycles. The van der Waals surface area contributed by atoms with Crippen LogP contribution >= 0.6 is 0 Å². The van der Waals surface area contributed by atoms with Crippen molar-refractivity contribution in [1.82, 2.24) is 10.6 Å². The summed E-state index contributed by atoms with van der Waals surface area (Å²) in [4.78, 5) is 11.7. The topological polar surface area (TPSA) is 41.1 Å². The molecule has 0 aromatic carbocycles. The molecule has 0 saturated carbocycles. The van der Waals surface area contributed by atoms with Crippen molar-refractivity contribution in [1.29, 1.82) is 0 Å². The summed E-state index contributed by atoms with van der Waals surface area (Å²) in [5, 5.41) is 6.14. The zero-order valence-electron chi connectivity index (χ0n) is 10.7. The number of unbranched alkanes of at least 4 members (excludes halogenated alkanes) is 1. The van der Waals surface area contributed by atoms with Gasteiger partial charge in [-0.15, -0.1) is 12.3 Å². The molecule has 0 saturated heterocycles. The summed E-state index contributed by atoms with van der Waals surface area (Å²) in [6.07, 6.45) is 8.93. The molecule has 2 N–H and O–H groups in total. The number of nitrogens with one attached hydrogen (secondary N) is 2. The Balaban J connectivity index is 3.69. The third kappa shape index (κ3) is 7.30. The quantitative estimate of drug-likeness (QED) is 0.486. The van der Waals surface area contributed by atoms with Gasteiger partial charge in [0, 0.05) is 12.5 Å². The second-order valence-electron chi connectivity index (χ2n) is 4.18. The Labute approximate surface area is 99.4 Å². The van der Waals surface area contributed by atoms with E-state index in [9.17, 15) is 4.79 Å². The van der Waals surface area contributed by atoms with E-state index >= 15 is 0 Å². The molecule has 0 bridgehead atoms. The van der Waals surface area contributed by atoms with Crippen LogP contribution in [0.1, 0.15) is 46.5 Å². The predicted molar refractivity (Wildman–Crippen MR) is 68.0 cm³/mol. The van der Waals surface area contributed by atoms with Gasteiger partial charge >= 0.3 is 0 Å². The SMILES string of the molecule is C#CCCCNC(C)C(=O)NC(C)CCC. The average Bonchev–Trinajstić information content (AvgIpc) is 2.24. The van der Waals surface area contributed by atoms with Gasteiger partial charge in [0.15, 0.2) is 0 Å². The monoisotopic (exact) mass is 224 g/mol. The predicted octanol–water partition coefficient (Wildman–Crippen LogP) is 1.68. The molecule has 3 heteroatoms. The van der Waals surface area contributed by atoms with Crippen molar-refractivity contribution in [2.75, 3.05) is 6.54 Å². The van der Waals surface area contributed by atoms with Crippen LogP contribution in [0.2, 0.25) is 0 Å². The number of hydrogen-bond acceptors (Lipinski definition) is 2. The highest BCUT2D eigenvalue weighted by Crippen LogP contribution is 1.95. The number of rotatable bonds is 8.